The first-order valence-corrected chi connectivity index (χ1v) is 9.64. The number of morpholine rings is 1. The highest BCUT2D eigenvalue weighted by Gasteiger charge is 2.34. The minimum absolute atomic E-state index is 0.307. The highest BCUT2D eigenvalue weighted by Crippen LogP contribution is 2.42. The first kappa shape index (κ1) is 16.3. The van der Waals surface area contributed by atoms with E-state index in [4.69, 9.17) is 4.74 Å². The van der Waals surface area contributed by atoms with Gasteiger partial charge in [0.1, 0.15) is 0 Å². The number of rotatable bonds is 3. The van der Waals surface area contributed by atoms with Gasteiger partial charge in [-0.2, -0.15) is 0 Å². The van der Waals surface area contributed by atoms with Gasteiger partial charge in [0.2, 0.25) is 5.91 Å². The van der Waals surface area contributed by atoms with Crippen molar-refractivity contribution in [2.45, 2.75) is 64.7 Å². The van der Waals surface area contributed by atoms with Crippen molar-refractivity contribution in [3.05, 3.63) is 0 Å². The molecule has 0 N–H and O–H groups in total. The Labute approximate surface area is 135 Å². The fourth-order valence-corrected chi connectivity index (χ4v) is 4.95. The Morgan fingerprint density at radius 2 is 1.45 bits per heavy atom. The number of ether oxygens (including phenoxy) is 1. The van der Waals surface area contributed by atoms with Crippen molar-refractivity contribution in [3.8, 4) is 0 Å². The van der Waals surface area contributed by atoms with E-state index in [-0.39, 0.29) is 0 Å². The van der Waals surface area contributed by atoms with Crippen molar-refractivity contribution in [1.82, 2.24) is 4.90 Å². The fourth-order valence-electron chi connectivity index (χ4n) is 4.95. The van der Waals surface area contributed by atoms with Gasteiger partial charge in [-0.15, -0.1) is 0 Å². The van der Waals surface area contributed by atoms with Crippen molar-refractivity contribution in [3.63, 3.8) is 0 Å². The number of carbonyl (C=O) groups excluding carboxylic acids is 1. The van der Waals surface area contributed by atoms with Gasteiger partial charge in [-0.1, -0.05) is 26.2 Å². The minimum atomic E-state index is 0.307. The SMILES string of the molecule is CCC1CCC(C2CCC(C(=O)N3CCOCC3)CC2)CC1. The summed E-state index contributed by atoms with van der Waals surface area (Å²) in [5.74, 6) is 3.59. The number of hydrogen-bond donors (Lipinski definition) is 0. The molecule has 1 saturated heterocycles. The summed E-state index contributed by atoms with van der Waals surface area (Å²) in [6.45, 7) is 5.40. The van der Waals surface area contributed by atoms with Crippen LogP contribution in [0.25, 0.3) is 0 Å². The van der Waals surface area contributed by atoms with E-state index in [0.29, 0.717) is 11.8 Å². The van der Waals surface area contributed by atoms with Crippen molar-refractivity contribution >= 4 is 5.91 Å². The lowest BCUT2D eigenvalue weighted by atomic mass is 9.69. The summed E-state index contributed by atoms with van der Waals surface area (Å²) < 4.78 is 5.36. The van der Waals surface area contributed by atoms with Crippen LogP contribution in [0, 0.1) is 23.7 Å². The van der Waals surface area contributed by atoms with Gasteiger partial charge in [0.15, 0.2) is 0 Å². The lowest BCUT2D eigenvalue weighted by Crippen LogP contribution is -2.44. The van der Waals surface area contributed by atoms with Crippen molar-refractivity contribution in [2.24, 2.45) is 23.7 Å². The van der Waals surface area contributed by atoms with Crippen LogP contribution in [-0.4, -0.2) is 37.1 Å². The molecule has 3 aliphatic rings. The molecule has 0 spiro atoms. The van der Waals surface area contributed by atoms with Gasteiger partial charge in [-0.3, -0.25) is 4.79 Å². The topological polar surface area (TPSA) is 29.5 Å². The zero-order valence-electron chi connectivity index (χ0n) is 14.3. The molecule has 0 aromatic carbocycles. The van der Waals surface area contributed by atoms with Crippen LogP contribution in [0.2, 0.25) is 0 Å². The Balaban J connectivity index is 1.43. The molecular formula is C19H33NO2. The highest BCUT2D eigenvalue weighted by atomic mass is 16.5. The average molecular weight is 307 g/mol. The Bertz CT molecular complexity index is 348. The number of amides is 1. The maximum atomic E-state index is 12.6. The van der Waals surface area contributed by atoms with Gasteiger partial charge in [-0.05, 0) is 56.3 Å². The van der Waals surface area contributed by atoms with Gasteiger partial charge < -0.3 is 9.64 Å². The maximum absolute atomic E-state index is 12.6. The number of hydrogen-bond acceptors (Lipinski definition) is 2. The molecule has 2 saturated carbocycles. The Morgan fingerprint density at radius 3 is 2.00 bits per heavy atom. The predicted octanol–water partition coefficient (Wildman–Crippen LogP) is 3.87. The third-order valence-corrected chi connectivity index (χ3v) is 6.58. The zero-order chi connectivity index (χ0) is 15.4. The Kier molecular flexibility index (Phi) is 5.78. The van der Waals surface area contributed by atoms with Crippen LogP contribution in [0.15, 0.2) is 0 Å². The normalized spacial score (nSPS) is 37.0. The zero-order valence-corrected chi connectivity index (χ0v) is 14.3. The van der Waals surface area contributed by atoms with Crippen molar-refractivity contribution in [2.75, 3.05) is 26.3 Å². The van der Waals surface area contributed by atoms with E-state index < -0.39 is 0 Å². The Morgan fingerprint density at radius 1 is 0.909 bits per heavy atom. The third kappa shape index (κ3) is 3.84. The molecular weight excluding hydrogens is 274 g/mol. The van der Waals surface area contributed by atoms with Gasteiger partial charge in [-0.25, -0.2) is 0 Å². The molecule has 1 amide bonds. The van der Waals surface area contributed by atoms with Crippen LogP contribution < -0.4 is 0 Å². The largest absolute Gasteiger partial charge is 0.378 e. The molecule has 0 aromatic rings. The molecule has 0 radical (unpaired) electrons. The van der Waals surface area contributed by atoms with E-state index >= 15 is 0 Å². The second kappa shape index (κ2) is 7.81. The predicted molar refractivity (Wildman–Crippen MR) is 88.6 cm³/mol. The summed E-state index contributed by atoms with van der Waals surface area (Å²) in [5, 5.41) is 0. The van der Waals surface area contributed by atoms with E-state index in [1.807, 2.05) is 4.90 Å². The van der Waals surface area contributed by atoms with E-state index in [0.717, 1.165) is 56.9 Å². The monoisotopic (exact) mass is 307 g/mol. The molecule has 1 heterocycles. The molecule has 3 nitrogen and oxygen atoms in total. The van der Waals surface area contributed by atoms with Crippen LogP contribution in [0.1, 0.15) is 64.7 Å². The molecule has 2 aliphatic carbocycles. The van der Waals surface area contributed by atoms with E-state index in [2.05, 4.69) is 6.92 Å². The average Bonchev–Trinajstić information content (AvgIpc) is 2.62. The van der Waals surface area contributed by atoms with E-state index in [1.54, 1.807) is 0 Å². The maximum Gasteiger partial charge on any atom is 0.225 e. The standard InChI is InChI=1S/C19H33NO2/c1-2-15-3-5-16(6-4-15)17-7-9-18(10-8-17)19(21)20-11-13-22-14-12-20/h15-18H,2-14H2,1H3. The molecule has 3 heteroatoms. The first-order valence-electron chi connectivity index (χ1n) is 9.64. The van der Waals surface area contributed by atoms with E-state index in [9.17, 15) is 4.79 Å². The first-order chi connectivity index (χ1) is 10.8. The lowest BCUT2D eigenvalue weighted by molar-refractivity contribution is -0.141. The smallest absolute Gasteiger partial charge is 0.225 e. The van der Waals surface area contributed by atoms with Crippen LogP contribution in [0.5, 0.6) is 0 Å². The molecule has 0 bridgehead atoms. The Hall–Kier alpha value is -0.570. The van der Waals surface area contributed by atoms with Gasteiger partial charge in [0.05, 0.1) is 13.2 Å². The molecule has 1 aliphatic heterocycles. The third-order valence-electron chi connectivity index (χ3n) is 6.58. The second-order valence-electron chi connectivity index (χ2n) is 7.74. The summed E-state index contributed by atoms with van der Waals surface area (Å²) >= 11 is 0. The summed E-state index contributed by atoms with van der Waals surface area (Å²) in [7, 11) is 0. The molecule has 0 atom stereocenters. The molecule has 0 aromatic heterocycles. The van der Waals surface area contributed by atoms with Crippen molar-refractivity contribution in [1.29, 1.82) is 0 Å². The molecule has 3 rings (SSSR count). The van der Waals surface area contributed by atoms with Crippen LogP contribution in [-0.2, 0) is 9.53 Å². The lowest BCUT2D eigenvalue weighted by Gasteiger charge is -2.38. The van der Waals surface area contributed by atoms with Gasteiger partial charge in [0, 0.05) is 19.0 Å². The van der Waals surface area contributed by atoms with Crippen LogP contribution in [0.3, 0.4) is 0 Å². The fraction of sp³-hybridized carbons (Fsp3) is 0.947. The quantitative estimate of drug-likeness (QED) is 0.792. The summed E-state index contributed by atoms with van der Waals surface area (Å²) in [6.07, 6.45) is 12.0. The molecule has 0 unspecified atom stereocenters. The molecule has 22 heavy (non-hydrogen) atoms. The summed E-state index contributed by atoms with van der Waals surface area (Å²) in [4.78, 5) is 14.6. The van der Waals surface area contributed by atoms with Crippen LogP contribution in [0.4, 0.5) is 0 Å². The van der Waals surface area contributed by atoms with Gasteiger partial charge in [0.25, 0.3) is 0 Å². The van der Waals surface area contributed by atoms with Crippen molar-refractivity contribution < 1.29 is 9.53 Å². The van der Waals surface area contributed by atoms with Gasteiger partial charge >= 0.3 is 0 Å². The molecule has 3 fully saturated rings. The van der Waals surface area contributed by atoms with Crippen LogP contribution >= 0.6 is 0 Å². The minimum Gasteiger partial charge on any atom is -0.378 e. The number of carbonyl (C=O) groups is 1. The second-order valence-corrected chi connectivity index (χ2v) is 7.74. The van der Waals surface area contributed by atoms with E-state index in [1.165, 1.54) is 44.9 Å². The highest BCUT2D eigenvalue weighted by molar-refractivity contribution is 5.79. The summed E-state index contributed by atoms with van der Waals surface area (Å²) in [6, 6.07) is 0. The summed E-state index contributed by atoms with van der Waals surface area (Å²) in [5.41, 5.74) is 0. The number of nitrogens with zero attached hydrogens (tertiary/aromatic N) is 1. The molecule has 126 valence electrons.